The van der Waals surface area contributed by atoms with Crippen LogP contribution >= 0.6 is 0 Å². The molecule has 4 N–H and O–H groups in total. The van der Waals surface area contributed by atoms with Crippen molar-refractivity contribution in [2.45, 2.75) is 37.6 Å². The fourth-order valence-corrected chi connectivity index (χ4v) is 2.19. The van der Waals surface area contributed by atoms with E-state index in [1.54, 1.807) is 0 Å². The normalized spacial score (nSPS) is 25.9. The number of ether oxygens (including phenoxy) is 1. The van der Waals surface area contributed by atoms with E-state index < -0.39 is 17.9 Å². The summed E-state index contributed by atoms with van der Waals surface area (Å²) in [6.07, 6.45) is 3.26. The minimum Gasteiger partial charge on any atom is -0.504 e. The zero-order chi connectivity index (χ0) is 15.5. The summed E-state index contributed by atoms with van der Waals surface area (Å²) in [5.41, 5.74) is 0.508. The highest BCUT2D eigenvalue weighted by Gasteiger charge is 2.35. The summed E-state index contributed by atoms with van der Waals surface area (Å²) >= 11 is 0. The van der Waals surface area contributed by atoms with Crippen molar-refractivity contribution in [2.24, 2.45) is 0 Å². The highest BCUT2D eigenvalue weighted by Crippen LogP contribution is 2.30. The molecule has 0 bridgehead atoms. The van der Waals surface area contributed by atoms with Crippen LogP contribution in [0.4, 0.5) is 0 Å². The van der Waals surface area contributed by atoms with Gasteiger partial charge in [0, 0.05) is 18.9 Å². The summed E-state index contributed by atoms with van der Waals surface area (Å²) in [4.78, 5) is 11.7. The second-order valence-corrected chi connectivity index (χ2v) is 5.18. The molecular formula is C15H18O6. The van der Waals surface area contributed by atoms with Crippen molar-refractivity contribution in [2.75, 3.05) is 0 Å². The summed E-state index contributed by atoms with van der Waals surface area (Å²) < 4.78 is 5.01. The van der Waals surface area contributed by atoms with E-state index in [2.05, 4.69) is 0 Å². The third-order valence-electron chi connectivity index (χ3n) is 3.44. The summed E-state index contributed by atoms with van der Waals surface area (Å²) in [5, 5.41) is 37.9. The Bertz CT molecular complexity index is 543. The first-order valence-electron chi connectivity index (χ1n) is 6.71. The van der Waals surface area contributed by atoms with Gasteiger partial charge in [0.2, 0.25) is 5.79 Å². The predicted molar refractivity (Wildman–Crippen MR) is 74.3 cm³/mol. The lowest BCUT2D eigenvalue weighted by molar-refractivity contribution is -0.221. The molecule has 0 radical (unpaired) electrons. The second-order valence-electron chi connectivity index (χ2n) is 5.18. The first-order chi connectivity index (χ1) is 9.88. The summed E-state index contributed by atoms with van der Waals surface area (Å²) in [5.74, 6) is -2.77. The van der Waals surface area contributed by atoms with Gasteiger partial charge in [0.1, 0.15) is 0 Å². The molecule has 1 aromatic carbocycles. The van der Waals surface area contributed by atoms with E-state index in [9.17, 15) is 25.2 Å². The van der Waals surface area contributed by atoms with Crippen molar-refractivity contribution in [3.8, 4) is 11.5 Å². The van der Waals surface area contributed by atoms with Gasteiger partial charge in [-0.05, 0) is 36.6 Å². The minimum atomic E-state index is -1.53. The highest BCUT2D eigenvalue weighted by atomic mass is 16.7. The largest absolute Gasteiger partial charge is 0.504 e. The molecule has 0 atom stereocenters. The number of aliphatic hydroxyl groups excluding tert-OH is 1. The van der Waals surface area contributed by atoms with E-state index >= 15 is 0 Å². The number of hydrogen-bond donors (Lipinski definition) is 4. The van der Waals surface area contributed by atoms with Crippen LogP contribution in [0.15, 0.2) is 24.3 Å². The number of rotatable bonds is 3. The molecule has 0 amide bonds. The maximum atomic E-state index is 11.7. The topological polar surface area (TPSA) is 107 Å². The molecule has 0 saturated heterocycles. The molecule has 0 spiro atoms. The Hall–Kier alpha value is -2.05. The maximum absolute atomic E-state index is 11.7. The molecule has 1 aliphatic rings. The predicted octanol–water partition coefficient (Wildman–Crippen LogP) is 1.28. The molecule has 1 aromatic rings. The van der Waals surface area contributed by atoms with E-state index in [-0.39, 0.29) is 24.3 Å². The van der Waals surface area contributed by atoms with E-state index in [0.717, 1.165) is 6.08 Å². The molecule has 6 heteroatoms. The lowest BCUT2D eigenvalue weighted by Gasteiger charge is -2.33. The van der Waals surface area contributed by atoms with E-state index in [0.29, 0.717) is 18.4 Å². The standard InChI is InChI=1S/C15H18O6/c16-11-5-7-15(20,8-6-11)21-14(19)4-2-10-1-3-12(17)13(18)9-10/h1-4,9,11,16-18,20H,5-8H2/b4-2-. The number of esters is 1. The van der Waals surface area contributed by atoms with Crippen LogP contribution in [-0.4, -0.2) is 38.3 Å². The molecule has 0 heterocycles. The van der Waals surface area contributed by atoms with Crippen molar-refractivity contribution >= 4 is 12.0 Å². The lowest BCUT2D eigenvalue weighted by Crippen LogP contribution is -2.39. The SMILES string of the molecule is O=C(/C=C\c1ccc(O)c(O)c1)OC1(O)CCC(O)CC1. The zero-order valence-corrected chi connectivity index (χ0v) is 11.4. The quantitative estimate of drug-likeness (QED) is 0.289. The molecule has 1 saturated carbocycles. The Morgan fingerprint density at radius 3 is 2.52 bits per heavy atom. The van der Waals surface area contributed by atoms with Gasteiger partial charge in [-0.1, -0.05) is 6.07 Å². The molecular weight excluding hydrogens is 276 g/mol. The molecule has 6 nitrogen and oxygen atoms in total. The van der Waals surface area contributed by atoms with Gasteiger partial charge >= 0.3 is 5.97 Å². The van der Waals surface area contributed by atoms with Gasteiger partial charge in [-0.2, -0.15) is 0 Å². The highest BCUT2D eigenvalue weighted by molar-refractivity contribution is 5.87. The van der Waals surface area contributed by atoms with Gasteiger partial charge in [-0.25, -0.2) is 4.79 Å². The zero-order valence-electron chi connectivity index (χ0n) is 11.4. The molecule has 21 heavy (non-hydrogen) atoms. The number of benzene rings is 1. The van der Waals surface area contributed by atoms with Crippen LogP contribution in [0.2, 0.25) is 0 Å². The van der Waals surface area contributed by atoms with Crippen LogP contribution in [0.5, 0.6) is 11.5 Å². The number of phenols is 2. The first-order valence-corrected chi connectivity index (χ1v) is 6.71. The fourth-order valence-electron chi connectivity index (χ4n) is 2.19. The van der Waals surface area contributed by atoms with E-state index in [1.165, 1.54) is 24.3 Å². The van der Waals surface area contributed by atoms with Crippen LogP contribution in [0.25, 0.3) is 6.08 Å². The Balaban J connectivity index is 1.94. The van der Waals surface area contributed by atoms with E-state index in [1.807, 2.05) is 0 Å². The summed E-state index contributed by atoms with van der Waals surface area (Å²) in [6, 6.07) is 4.12. The van der Waals surface area contributed by atoms with Gasteiger partial charge in [0.25, 0.3) is 0 Å². The van der Waals surface area contributed by atoms with Gasteiger partial charge in [0.15, 0.2) is 11.5 Å². The van der Waals surface area contributed by atoms with Crippen molar-refractivity contribution in [3.63, 3.8) is 0 Å². The van der Waals surface area contributed by atoms with Gasteiger partial charge < -0.3 is 25.2 Å². The van der Waals surface area contributed by atoms with Crippen LogP contribution in [0.3, 0.4) is 0 Å². The Morgan fingerprint density at radius 2 is 1.90 bits per heavy atom. The molecule has 0 aliphatic heterocycles. The third-order valence-corrected chi connectivity index (χ3v) is 3.44. The lowest BCUT2D eigenvalue weighted by atomic mass is 9.92. The van der Waals surface area contributed by atoms with Crippen LogP contribution in [0, 0.1) is 0 Å². The molecule has 0 aromatic heterocycles. The van der Waals surface area contributed by atoms with Gasteiger partial charge in [0.05, 0.1) is 6.10 Å². The van der Waals surface area contributed by atoms with Crippen LogP contribution in [0.1, 0.15) is 31.2 Å². The monoisotopic (exact) mass is 294 g/mol. The summed E-state index contributed by atoms with van der Waals surface area (Å²) in [6.45, 7) is 0. The minimum absolute atomic E-state index is 0.202. The fraction of sp³-hybridized carbons (Fsp3) is 0.400. The Labute approximate surface area is 121 Å². The van der Waals surface area contributed by atoms with Crippen LogP contribution in [-0.2, 0) is 9.53 Å². The number of carbonyl (C=O) groups excluding carboxylic acids is 1. The van der Waals surface area contributed by atoms with Crippen molar-refractivity contribution in [1.82, 2.24) is 0 Å². The Kier molecular flexibility index (Phi) is 4.50. The van der Waals surface area contributed by atoms with Crippen molar-refractivity contribution in [3.05, 3.63) is 29.8 Å². The van der Waals surface area contributed by atoms with Crippen LogP contribution < -0.4 is 0 Å². The molecule has 114 valence electrons. The Morgan fingerprint density at radius 1 is 1.24 bits per heavy atom. The number of aliphatic hydroxyl groups is 2. The molecule has 2 rings (SSSR count). The molecule has 1 aliphatic carbocycles. The average Bonchev–Trinajstić information content (AvgIpc) is 2.44. The average molecular weight is 294 g/mol. The second kappa shape index (κ2) is 6.15. The third kappa shape index (κ3) is 4.21. The van der Waals surface area contributed by atoms with Gasteiger partial charge in [-0.3, -0.25) is 0 Å². The van der Waals surface area contributed by atoms with Crippen molar-refractivity contribution in [1.29, 1.82) is 0 Å². The number of phenolic OH excluding ortho intramolecular Hbond substituents is 2. The number of aromatic hydroxyl groups is 2. The maximum Gasteiger partial charge on any atom is 0.333 e. The first kappa shape index (κ1) is 15.3. The van der Waals surface area contributed by atoms with Gasteiger partial charge in [-0.15, -0.1) is 0 Å². The number of carbonyl (C=O) groups is 1. The smallest absolute Gasteiger partial charge is 0.333 e. The van der Waals surface area contributed by atoms with E-state index in [4.69, 9.17) is 4.74 Å². The summed E-state index contributed by atoms with van der Waals surface area (Å²) in [7, 11) is 0. The molecule has 0 unspecified atom stereocenters. The number of hydrogen-bond acceptors (Lipinski definition) is 6. The molecule has 1 fully saturated rings. The van der Waals surface area contributed by atoms with Crippen molar-refractivity contribution < 1.29 is 30.0 Å².